The third-order valence-electron chi connectivity index (χ3n) is 2.73. The molecule has 0 spiro atoms. The van der Waals surface area contributed by atoms with Crippen LogP contribution in [-0.4, -0.2) is 35.7 Å². The van der Waals surface area contributed by atoms with Crippen molar-refractivity contribution in [2.45, 2.75) is 12.1 Å². The summed E-state index contributed by atoms with van der Waals surface area (Å²) in [6.45, 7) is 1.79. The van der Waals surface area contributed by atoms with Crippen LogP contribution >= 0.6 is 0 Å². The summed E-state index contributed by atoms with van der Waals surface area (Å²) in [5.74, 6) is -1.21. The third kappa shape index (κ3) is 2.67. The first-order valence-corrected chi connectivity index (χ1v) is 7.56. The van der Waals surface area contributed by atoms with E-state index in [0.717, 1.165) is 18.0 Å². The van der Waals surface area contributed by atoms with Gasteiger partial charge in [-0.2, -0.15) is 0 Å². The molecule has 0 saturated carbocycles. The molecular weight excluding hydrogens is 280 g/mol. The topological polar surface area (TPSA) is 97.2 Å². The predicted octanol–water partition coefficient (Wildman–Crippen LogP) is 1.55. The Kier molecular flexibility index (Phi) is 3.54. The van der Waals surface area contributed by atoms with Gasteiger partial charge in [0.15, 0.2) is 0 Å². The Labute approximate surface area is 116 Å². The lowest BCUT2D eigenvalue weighted by atomic mass is 10.0. The summed E-state index contributed by atoms with van der Waals surface area (Å²) in [4.78, 5) is 18.8. The van der Waals surface area contributed by atoms with Crippen molar-refractivity contribution in [2.24, 2.45) is 0 Å². The van der Waals surface area contributed by atoms with Crippen LogP contribution in [0.5, 0.6) is 0 Å². The van der Waals surface area contributed by atoms with Crippen LogP contribution in [0.15, 0.2) is 35.6 Å². The second-order valence-electron chi connectivity index (χ2n) is 4.31. The largest absolute Gasteiger partial charge is 0.478 e. The van der Waals surface area contributed by atoms with E-state index in [1.165, 1.54) is 0 Å². The van der Waals surface area contributed by atoms with Crippen molar-refractivity contribution in [2.75, 3.05) is 6.26 Å². The van der Waals surface area contributed by atoms with Crippen molar-refractivity contribution in [3.05, 3.63) is 41.6 Å². The fourth-order valence-electron chi connectivity index (χ4n) is 1.74. The number of aromatic carboxylic acids is 1. The Hall–Kier alpha value is -2.28. The maximum absolute atomic E-state index is 11.5. The average molecular weight is 292 g/mol. The number of carboxylic acids is 1. The van der Waals surface area contributed by atoms with Crippen molar-refractivity contribution in [1.29, 1.82) is 0 Å². The number of nitrogens with zero attached hydrogens (tertiary/aromatic N) is 2. The van der Waals surface area contributed by atoms with Crippen LogP contribution in [0.1, 0.15) is 15.9 Å². The first-order valence-electron chi connectivity index (χ1n) is 5.67. The van der Waals surface area contributed by atoms with Crippen molar-refractivity contribution in [3.8, 4) is 11.3 Å². The lowest BCUT2D eigenvalue weighted by molar-refractivity contribution is 0.0696. The van der Waals surface area contributed by atoms with Crippen LogP contribution in [-0.2, 0) is 9.84 Å². The quantitative estimate of drug-likeness (QED) is 0.862. The van der Waals surface area contributed by atoms with Gasteiger partial charge < -0.3 is 5.11 Å². The second-order valence-corrected chi connectivity index (χ2v) is 6.22. The van der Waals surface area contributed by atoms with Gasteiger partial charge in [-0.3, -0.25) is 0 Å². The monoisotopic (exact) mass is 292 g/mol. The van der Waals surface area contributed by atoms with E-state index >= 15 is 0 Å². The van der Waals surface area contributed by atoms with Gasteiger partial charge in [0.25, 0.3) is 0 Å². The number of benzene rings is 1. The molecule has 0 unspecified atom stereocenters. The number of rotatable bonds is 3. The summed E-state index contributed by atoms with van der Waals surface area (Å²) in [6, 6.07) is 7.02. The van der Waals surface area contributed by atoms with Crippen LogP contribution in [0.2, 0.25) is 0 Å². The Morgan fingerprint density at radius 2 is 1.90 bits per heavy atom. The van der Waals surface area contributed by atoms with E-state index in [0.29, 0.717) is 5.56 Å². The van der Waals surface area contributed by atoms with Crippen molar-refractivity contribution >= 4 is 15.8 Å². The minimum atomic E-state index is -3.60. The van der Waals surface area contributed by atoms with E-state index < -0.39 is 15.8 Å². The highest BCUT2D eigenvalue weighted by molar-refractivity contribution is 7.90. The van der Waals surface area contributed by atoms with Crippen LogP contribution in [0.25, 0.3) is 11.3 Å². The number of carbonyl (C=O) groups is 1. The van der Waals surface area contributed by atoms with Gasteiger partial charge in [-0.15, -0.1) is 0 Å². The molecule has 0 bridgehead atoms. The van der Waals surface area contributed by atoms with Crippen molar-refractivity contribution in [1.82, 2.24) is 9.97 Å². The van der Waals surface area contributed by atoms with Crippen LogP contribution < -0.4 is 0 Å². The van der Waals surface area contributed by atoms with Gasteiger partial charge in [0.2, 0.25) is 15.0 Å². The van der Waals surface area contributed by atoms with Gasteiger partial charge in [-0.05, 0) is 12.5 Å². The van der Waals surface area contributed by atoms with Crippen molar-refractivity contribution in [3.63, 3.8) is 0 Å². The molecule has 0 aliphatic carbocycles. The van der Waals surface area contributed by atoms with Gasteiger partial charge >= 0.3 is 5.97 Å². The molecule has 1 aromatic heterocycles. The highest BCUT2D eigenvalue weighted by Crippen LogP contribution is 2.25. The van der Waals surface area contributed by atoms with Gasteiger partial charge in [-0.1, -0.05) is 24.3 Å². The number of sulfone groups is 1. The van der Waals surface area contributed by atoms with Gasteiger partial charge in [0, 0.05) is 18.0 Å². The van der Waals surface area contributed by atoms with Gasteiger partial charge in [-0.25, -0.2) is 23.2 Å². The minimum Gasteiger partial charge on any atom is -0.478 e. The fourth-order valence-corrected chi connectivity index (χ4v) is 2.25. The average Bonchev–Trinajstić information content (AvgIpc) is 2.37. The van der Waals surface area contributed by atoms with Gasteiger partial charge in [0.05, 0.1) is 5.69 Å². The molecule has 1 aromatic carbocycles. The number of hydrogen-bond acceptors (Lipinski definition) is 5. The maximum Gasteiger partial charge on any atom is 0.339 e. The summed E-state index contributed by atoms with van der Waals surface area (Å²) in [5, 5.41) is 8.79. The Bertz CT molecular complexity index is 785. The minimum absolute atomic E-state index is 0.103. The Morgan fingerprint density at radius 1 is 1.25 bits per heavy atom. The number of aromatic nitrogens is 2. The zero-order chi connectivity index (χ0) is 14.9. The molecule has 0 amide bonds. The molecule has 0 aliphatic heterocycles. The molecular formula is C13H12N2O4S. The summed E-state index contributed by atoms with van der Waals surface area (Å²) < 4.78 is 23.0. The highest BCUT2D eigenvalue weighted by atomic mass is 32.2. The lowest BCUT2D eigenvalue weighted by Gasteiger charge is -2.09. The van der Waals surface area contributed by atoms with E-state index in [9.17, 15) is 18.3 Å². The summed E-state index contributed by atoms with van der Waals surface area (Å²) in [7, 11) is -3.60. The SMILES string of the molecule is Cc1ccccc1-c1nc(S(C)(=O)=O)ncc1C(=O)O. The second kappa shape index (κ2) is 5.01. The molecule has 0 atom stereocenters. The molecule has 1 N–H and O–H groups in total. The van der Waals surface area contributed by atoms with Crippen LogP contribution in [0, 0.1) is 6.92 Å². The molecule has 20 heavy (non-hydrogen) atoms. The maximum atomic E-state index is 11.5. The molecule has 0 aliphatic rings. The van der Waals surface area contributed by atoms with E-state index in [2.05, 4.69) is 9.97 Å². The van der Waals surface area contributed by atoms with Gasteiger partial charge in [0.1, 0.15) is 5.56 Å². The Balaban J connectivity index is 2.78. The smallest absolute Gasteiger partial charge is 0.339 e. The summed E-state index contributed by atoms with van der Waals surface area (Å²) in [6.07, 6.45) is 2.00. The molecule has 0 fully saturated rings. The summed E-state index contributed by atoms with van der Waals surface area (Å²) >= 11 is 0. The third-order valence-corrected chi connectivity index (χ3v) is 3.59. The normalized spacial score (nSPS) is 11.3. The zero-order valence-electron chi connectivity index (χ0n) is 10.9. The molecule has 6 nitrogen and oxygen atoms in total. The number of hydrogen-bond donors (Lipinski definition) is 1. The number of carboxylic acid groups (broad SMARTS) is 1. The Morgan fingerprint density at radius 3 is 2.45 bits per heavy atom. The van der Waals surface area contributed by atoms with Crippen LogP contribution in [0.3, 0.4) is 0 Å². The van der Waals surface area contributed by atoms with Crippen LogP contribution in [0.4, 0.5) is 0 Å². The molecule has 7 heteroatoms. The molecule has 0 radical (unpaired) electrons. The number of aryl methyl sites for hydroxylation is 1. The lowest BCUT2D eigenvalue weighted by Crippen LogP contribution is -2.10. The first kappa shape index (κ1) is 14.1. The first-order chi connectivity index (χ1) is 9.30. The van der Waals surface area contributed by atoms with E-state index in [1.807, 2.05) is 0 Å². The standard InChI is InChI=1S/C13H12N2O4S/c1-8-5-3-4-6-9(8)11-10(12(16)17)7-14-13(15-11)20(2,18)19/h3-7H,1-2H3,(H,16,17). The van der Waals surface area contributed by atoms with Crippen molar-refractivity contribution < 1.29 is 18.3 Å². The molecule has 2 rings (SSSR count). The van der Waals surface area contributed by atoms with E-state index in [1.54, 1.807) is 31.2 Å². The molecule has 1 heterocycles. The molecule has 104 valence electrons. The fraction of sp³-hybridized carbons (Fsp3) is 0.154. The van der Waals surface area contributed by atoms with E-state index in [-0.39, 0.29) is 16.4 Å². The predicted molar refractivity (Wildman–Crippen MR) is 72.3 cm³/mol. The zero-order valence-corrected chi connectivity index (χ0v) is 11.7. The molecule has 0 saturated heterocycles. The molecule has 2 aromatic rings. The summed E-state index contributed by atoms with van der Waals surface area (Å²) in [5.41, 5.74) is 1.34. The highest BCUT2D eigenvalue weighted by Gasteiger charge is 2.20. The van der Waals surface area contributed by atoms with E-state index in [4.69, 9.17) is 0 Å².